The van der Waals surface area contributed by atoms with Crippen molar-refractivity contribution in [3.63, 3.8) is 0 Å². The molecule has 0 saturated heterocycles. The zero-order valence-corrected chi connectivity index (χ0v) is 10.1. The van der Waals surface area contributed by atoms with Crippen LogP contribution in [0.15, 0.2) is 36.4 Å². The van der Waals surface area contributed by atoms with Crippen molar-refractivity contribution in [2.45, 2.75) is 19.5 Å². The molecule has 2 aromatic rings. The molecule has 0 atom stereocenters. The minimum atomic E-state index is -0.860. The predicted molar refractivity (Wildman–Crippen MR) is 70.5 cm³/mol. The van der Waals surface area contributed by atoms with E-state index in [0.717, 1.165) is 22.3 Å². The van der Waals surface area contributed by atoms with Crippen LogP contribution in [0.4, 0.5) is 0 Å². The molecule has 0 aromatic heterocycles. The van der Waals surface area contributed by atoms with E-state index in [0.29, 0.717) is 0 Å². The summed E-state index contributed by atoms with van der Waals surface area (Å²) >= 11 is 0. The Bertz CT molecular complexity index is 559. The number of hydrogen-bond donors (Lipinski definition) is 2. The van der Waals surface area contributed by atoms with Crippen LogP contribution in [0.2, 0.25) is 0 Å². The Hall–Kier alpha value is -1.64. The van der Waals surface area contributed by atoms with E-state index in [9.17, 15) is 0 Å². The molecular formula is C15H16N2. The molecule has 0 heterocycles. The first kappa shape index (κ1) is 10.5. The van der Waals surface area contributed by atoms with Crippen LogP contribution < -0.4 is 11.5 Å². The molecule has 1 aliphatic carbocycles. The third-order valence-corrected chi connectivity index (χ3v) is 3.66. The van der Waals surface area contributed by atoms with Gasteiger partial charge in [-0.05, 0) is 36.1 Å². The first-order valence-corrected chi connectivity index (χ1v) is 5.82. The van der Waals surface area contributed by atoms with Crippen molar-refractivity contribution in [3.05, 3.63) is 58.7 Å². The average Bonchev–Trinajstić information content (AvgIpc) is 2.50. The SMILES string of the molecule is Cc1cccc2c1C(N)(N)c1c(C)cccc1-2. The summed E-state index contributed by atoms with van der Waals surface area (Å²) in [6, 6.07) is 12.4. The minimum absolute atomic E-state index is 0.860. The lowest BCUT2D eigenvalue weighted by molar-refractivity contribution is 0.577. The number of aryl methyl sites for hydroxylation is 2. The number of fused-ring (bicyclic) bond motifs is 3. The average molecular weight is 224 g/mol. The summed E-state index contributed by atoms with van der Waals surface area (Å²) in [7, 11) is 0. The first-order valence-electron chi connectivity index (χ1n) is 5.82. The lowest BCUT2D eigenvalue weighted by Gasteiger charge is -2.24. The number of rotatable bonds is 0. The zero-order valence-electron chi connectivity index (χ0n) is 10.1. The monoisotopic (exact) mass is 224 g/mol. The molecule has 17 heavy (non-hydrogen) atoms. The van der Waals surface area contributed by atoms with E-state index in [4.69, 9.17) is 11.5 Å². The van der Waals surface area contributed by atoms with Gasteiger partial charge in [0, 0.05) is 11.1 Å². The maximum Gasteiger partial charge on any atom is 0.118 e. The molecule has 0 bridgehead atoms. The van der Waals surface area contributed by atoms with Crippen molar-refractivity contribution in [2.75, 3.05) is 0 Å². The van der Waals surface area contributed by atoms with Gasteiger partial charge < -0.3 is 11.5 Å². The molecule has 0 aliphatic heterocycles. The fourth-order valence-corrected chi connectivity index (χ4v) is 3.01. The van der Waals surface area contributed by atoms with Crippen LogP contribution in [0.5, 0.6) is 0 Å². The highest BCUT2D eigenvalue weighted by molar-refractivity contribution is 5.82. The van der Waals surface area contributed by atoms with Crippen molar-refractivity contribution < 1.29 is 0 Å². The topological polar surface area (TPSA) is 52.0 Å². The lowest BCUT2D eigenvalue weighted by atomic mass is 9.93. The summed E-state index contributed by atoms with van der Waals surface area (Å²) in [6.07, 6.45) is 0. The molecule has 0 saturated carbocycles. The zero-order chi connectivity index (χ0) is 12.2. The van der Waals surface area contributed by atoms with Crippen molar-refractivity contribution in [1.29, 1.82) is 0 Å². The van der Waals surface area contributed by atoms with Gasteiger partial charge >= 0.3 is 0 Å². The summed E-state index contributed by atoms with van der Waals surface area (Å²) < 4.78 is 0. The van der Waals surface area contributed by atoms with Gasteiger partial charge in [0.05, 0.1) is 0 Å². The van der Waals surface area contributed by atoms with Gasteiger partial charge in [0.1, 0.15) is 5.66 Å². The molecule has 4 N–H and O–H groups in total. The van der Waals surface area contributed by atoms with E-state index in [2.05, 4.69) is 50.2 Å². The Kier molecular flexibility index (Phi) is 1.97. The van der Waals surface area contributed by atoms with Crippen molar-refractivity contribution in [3.8, 4) is 11.1 Å². The van der Waals surface area contributed by atoms with Crippen molar-refractivity contribution >= 4 is 0 Å². The maximum atomic E-state index is 6.38. The van der Waals surface area contributed by atoms with Crippen LogP contribution in [0.1, 0.15) is 22.3 Å². The highest BCUT2D eigenvalue weighted by Gasteiger charge is 2.38. The van der Waals surface area contributed by atoms with Crippen molar-refractivity contribution in [1.82, 2.24) is 0 Å². The summed E-state index contributed by atoms with van der Waals surface area (Å²) in [4.78, 5) is 0. The molecule has 2 aromatic carbocycles. The van der Waals surface area contributed by atoms with Gasteiger partial charge in [0.2, 0.25) is 0 Å². The Morgan fingerprint density at radius 1 is 0.765 bits per heavy atom. The molecule has 0 amide bonds. The van der Waals surface area contributed by atoms with Crippen LogP contribution in [0.25, 0.3) is 11.1 Å². The van der Waals surface area contributed by atoms with Crippen LogP contribution in [0.3, 0.4) is 0 Å². The normalized spacial score (nSPS) is 15.5. The third kappa shape index (κ3) is 1.22. The first-order chi connectivity index (χ1) is 8.03. The highest BCUT2D eigenvalue weighted by Crippen LogP contribution is 2.45. The molecular weight excluding hydrogens is 208 g/mol. The van der Waals surface area contributed by atoms with Crippen molar-refractivity contribution in [2.24, 2.45) is 11.5 Å². The Balaban J connectivity index is 2.46. The van der Waals surface area contributed by atoms with E-state index < -0.39 is 5.66 Å². The molecule has 2 nitrogen and oxygen atoms in total. The quantitative estimate of drug-likeness (QED) is 0.675. The molecule has 0 unspecified atom stereocenters. The van der Waals surface area contributed by atoms with E-state index in [1.165, 1.54) is 11.1 Å². The molecule has 0 spiro atoms. The largest absolute Gasteiger partial charge is 0.306 e. The molecule has 0 radical (unpaired) electrons. The number of nitrogens with two attached hydrogens (primary N) is 2. The molecule has 3 rings (SSSR count). The number of benzene rings is 2. The van der Waals surface area contributed by atoms with Crippen LogP contribution in [-0.4, -0.2) is 0 Å². The van der Waals surface area contributed by atoms with E-state index in [1.54, 1.807) is 0 Å². The van der Waals surface area contributed by atoms with E-state index in [-0.39, 0.29) is 0 Å². The summed E-state index contributed by atoms with van der Waals surface area (Å²) in [6.45, 7) is 4.13. The van der Waals surface area contributed by atoms with Gasteiger partial charge in [-0.2, -0.15) is 0 Å². The second kappa shape index (κ2) is 3.19. The summed E-state index contributed by atoms with van der Waals surface area (Å²) in [5.41, 5.74) is 18.7. The molecule has 2 heteroatoms. The van der Waals surface area contributed by atoms with Gasteiger partial charge in [-0.25, -0.2) is 0 Å². The maximum absolute atomic E-state index is 6.38. The van der Waals surface area contributed by atoms with E-state index in [1.807, 2.05) is 0 Å². The van der Waals surface area contributed by atoms with Crippen LogP contribution >= 0.6 is 0 Å². The van der Waals surface area contributed by atoms with Gasteiger partial charge in [-0.15, -0.1) is 0 Å². The Morgan fingerprint density at radius 2 is 1.18 bits per heavy atom. The standard InChI is InChI=1S/C15H16N2/c1-9-5-3-7-11-12-8-4-6-10(2)14(12)15(16,17)13(9)11/h3-8H,16-17H2,1-2H3. The van der Waals surface area contributed by atoms with Crippen LogP contribution in [0, 0.1) is 13.8 Å². The Morgan fingerprint density at radius 3 is 1.59 bits per heavy atom. The van der Waals surface area contributed by atoms with Gasteiger partial charge in [0.15, 0.2) is 0 Å². The molecule has 0 fully saturated rings. The van der Waals surface area contributed by atoms with Gasteiger partial charge in [-0.3, -0.25) is 0 Å². The summed E-state index contributed by atoms with van der Waals surface area (Å²) in [5, 5.41) is 0. The second-order valence-corrected chi connectivity index (χ2v) is 4.86. The second-order valence-electron chi connectivity index (χ2n) is 4.86. The fraction of sp³-hybridized carbons (Fsp3) is 0.200. The minimum Gasteiger partial charge on any atom is -0.306 e. The predicted octanol–water partition coefficient (Wildman–Crippen LogP) is 2.40. The van der Waals surface area contributed by atoms with Gasteiger partial charge in [-0.1, -0.05) is 36.4 Å². The smallest absolute Gasteiger partial charge is 0.118 e. The molecule has 86 valence electrons. The van der Waals surface area contributed by atoms with Gasteiger partial charge in [0.25, 0.3) is 0 Å². The summed E-state index contributed by atoms with van der Waals surface area (Å²) in [5.74, 6) is 0. The lowest BCUT2D eigenvalue weighted by Crippen LogP contribution is -2.46. The Labute approximate surface area is 101 Å². The van der Waals surface area contributed by atoms with Crippen LogP contribution in [-0.2, 0) is 5.66 Å². The highest BCUT2D eigenvalue weighted by atomic mass is 15.0. The van der Waals surface area contributed by atoms with E-state index >= 15 is 0 Å². The number of hydrogen-bond acceptors (Lipinski definition) is 2. The molecule has 1 aliphatic rings. The fourth-order valence-electron chi connectivity index (χ4n) is 3.01. The third-order valence-electron chi connectivity index (χ3n) is 3.66.